The van der Waals surface area contributed by atoms with Crippen LogP contribution < -0.4 is 10.1 Å². The zero-order chi connectivity index (χ0) is 19.1. The molecular formula is C22H17FN2O2. The molecule has 0 aromatic heterocycles. The van der Waals surface area contributed by atoms with Crippen LogP contribution in [0.4, 0.5) is 10.1 Å². The lowest BCUT2D eigenvalue weighted by molar-refractivity contribution is 0.102. The molecule has 0 heterocycles. The van der Waals surface area contributed by atoms with Crippen molar-refractivity contribution in [3.63, 3.8) is 0 Å². The predicted molar refractivity (Wildman–Crippen MR) is 101 cm³/mol. The largest absolute Gasteiger partial charge is 0.489 e. The molecule has 0 fully saturated rings. The monoisotopic (exact) mass is 360 g/mol. The number of hydrogen-bond donors (Lipinski definition) is 1. The van der Waals surface area contributed by atoms with Gasteiger partial charge in [0.15, 0.2) is 0 Å². The number of nitrogens with zero attached hydrogens (tertiary/aromatic N) is 1. The van der Waals surface area contributed by atoms with E-state index in [0.29, 0.717) is 17.9 Å². The van der Waals surface area contributed by atoms with Crippen LogP contribution in [0.3, 0.4) is 0 Å². The zero-order valence-electron chi connectivity index (χ0n) is 14.5. The molecule has 3 aromatic carbocycles. The van der Waals surface area contributed by atoms with E-state index >= 15 is 0 Å². The molecule has 4 nitrogen and oxygen atoms in total. The van der Waals surface area contributed by atoms with E-state index in [1.165, 1.54) is 18.2 Å². The van der Waals surface area contributed by atoms with Gasteiger partial charge in [0, 0.05) is 11.3 Å². The fraction of sp³-hybridized carbons (Fsp3) is 0.0909. The van der Waals surface area contributed by atoms with Crippen LogP contribution in [0, 0.1) is 17.1 Å². The van der Waals surface area contributed by atoms with Gasteiger partial charge in [-0.3, -0.25) is 4.79 Å². The third-order valence-corrected chi connectivity index (χ3v) is 3.98. The standard InChI is InChI=1S/C22H17FN2O2/c23-20-7-3-2-6-19(20)22(26)25-21-8-4-1-5-17(21)15-27-18-11-9-16(10-12-18)13-14-24/h1-12H,13,15H2,(H,25,26). The summed E-state index contributed by atoms with van der Waals surface area (Å²) in [6.45, 7) is 0.241. The zero-order valence-corrected chi connectivity index (χ0v) is 14.5. The van der Waals surface area contributed by atoms with Crippen molar-refractivity contribution in [2.45, 2.75) is 13.0 Å². The summed E-state index contributed by atoms with van der Waals surface area (Å²) in [5.74, 6) is -0.422. The maximum absolute atomic E-state index is 13.8. The lowest BCUT2D eigenvalue weighted by Gasteiger charge is -2.13. The Balaban J connectivity index is 1.70. The van der Waals surface area contributed by atoms with E-state index in [1.54, 1.807) is 30.3 Å². The van der Waals surface area contributed by atoms with Gasteiger partial charge in [0.2, 0.25) is 0 Å². The molecule has 1 N–H and O–H groups in total. The van der Waals surface area contributed by atoms with E-state index < -0.39 is 11.7 Å². The lowest BCUT2D eigenvalue weighted by Crippen LogP contribution is -2.15. The Morgan fingerprint density at radius 3 is 2.44 bits per heavy atom. The fourth-order valence-electron chi connectivity index (χ4n) is 2.56. The molecule has 0 bridgehead atoms. The van der Waals surface area contributed by atoms with E-state index in [2.05, 4.69) is 11.4 Å². The normalized spacial score (nSPS) is 10.1. The first kappa shape index (κ1) is 18.2. The first-order chi connectivity index (χ1) is 13.2. The fourth-order valence-corrected chi connectivity index (χ4v) is 2.56. The smallest absolute Gasteiger partial charge is 0.258 e. The Labute approximate surface area is 156 Å². The molecule has 27 heavy (non-hydrogen) atoms. The molecule has 0 aliphatic heterocycles. The number of para-hydroxylation sites is 1. The highest BCUT2D eigenvalue weighted by Crippen LogP contribution is 2.20. The summed E-state index contributed by atoms with van der Waals surface area (Å²) in [6, 6.07) is 22.4. The first-order valence-electron chi connectivity index (χ1n) is 8.40. The SMILES string of the molecule is N#CCc1ccc(OCc2ccccc2NC(=O)c2ccccc2F)cc1. The van der Waals surface area contributed by atoms with Crippen molar-refractivity contribution in [3.8, 4) is 11.8 Å². The van der Waals surface area contributed by atoms with E-state index in [9.17, 15) is 9.18 Å². The minimum Gasteiger partial charge on any atom is -0.489 e. The highest BCUT2D eigenvalue weighted by Gasteiger charge is 2.13. The summed E-state index contributed by atoms with van der Waals surface area (Å²) in [6.07, 6.45) is 0.352. The van der Waals surface area contributed by atoms with E-state index in [0.717, 1.165) is 11.1 Å². The number of anilines is 1. The molecule has 0 aliphatic carbocycles. The van der Waals surface area contributed by atoms with Gasteiger partial charge in [-0.25, -0.2) is 4.39 Å². The van der Waals surface area contributed by atoms with Crippen LogP contribution in [-0.2, 0) is 13.0 Å². The molecule has 5 heteroatoms. The Morgan fingerprint density at radius 1 is 1.00 bits per heavy atom. The van der Waals surface area contributed by atoms with Gasteiger partial charge in [-0.2, -0.15) is 5.26 Å². The van der Waals surface area contributed by atoms with Crippen LogP contribution in [0.25, 0.3) is 0 Å². The Hall–Kier alpha value is -3.65. The van der Waals surface area contributed by atoms with Crippen molar-refractivity contribution >= 4 is 11.6 Å². The van der Waals surface area contributed by atoms with Gasteiger partial charge in [-0.05, 0) is 35.9 Å². The highest BCUT2D eigenvalue weighted by molar-refractivity contribution is 6.04. The topological polar surface area (TPSA) is 62.1 Å². The van der Waals surface area contributed by atoms with Gasteiger partial charge in [-0.15, -0.1) is 0 Å². The van der Waals surface area contributed by atoms with E-state index in [-0.39, 0.29) is 12.2 Å². The first-order valence-corrected chi connectivity index (χ1v) is 8.40. The van der Waals surface area contributed by atoms with Crippen LogP contribution >= 0.6 is 0 Å². The third-order valence-electron chi connectivity index (χ3n) is 3.98. The average molecular weight is 360 g/mol. The number of hydrogen-bond acceptors (Lipinski definition) is 3. The second-order valence-corrected chi connectivity index (χ2v) is 5.86. The summed E-state index contributed by atoms with van der Waals surface area (Å²) < 4.78 is 19.6. The van der Waals surface area contributed by atoms with E-state index in [1.807, 2.05) is 24.3 Å². The molecule has 3 rings (SSSR count). The number of nitrogens with one attached hydrogen (secondary N) is 1. The molecule has 1 amide bonds. The Kier molecular flexibility index (Phi) is 5.80. The van der Waals surface area contributed by atoms with Crippen LogP contribution in [0.15, 0.2) is 72.8 Å². The Bertz CT molecular complexity index is 978. The van der Waals surface area contributed by atoms with E-state index in [4.69, 9.17) is 10.00 Å². The second kappa shape index (κ2) is 8.63. The molecule has 0 radical (unpaired) electrons. The lowest BCUT2D eigenvalue weighted by atomic mass is 10.1. The summed E-state index contributed by atoms with van der Waals surface area (Å²) in [5, 5.41) is 11.4. The predicted octanol–water partition coefficient (Wildman–Crippen LogP) is 4.72. The van der Waals surface area contributed by atoms with Crippen molar-refractivity contribution in [1.29, 1.82) is 5.26 Å². The molecular weight excluding hydrogens is 343 g/mol. The number of rotatable bonds is 6. The average Bonchev–Trinajstić information content (AvgIpc) is 2.69. The van der Waals surface area contributed by atoms with Crippen LogP contribution in [-0.4, -0.2) is 5.91 Å². The van der Waals surface area contributed by atoms with Crippen LogP contribution in [0.2, 0.25) is 0 Å². The summed E-state index contributed by atoms with van der Waals surface area (Å²) in [4.78, 5) is 12.3. The molecule has 3 aromatic rings. The number of carbonyl (C=O) groups is 1. The van der Waals surface area contributed by atoms with Crippen molar-refractivity contribution in [3.05, 3.63) is 95.3 Å². The van der Waals surface area contributed by atoms with Crippen molar-refractivity contribution in [2.24, 2.45) is 0 Å². The summed E-state index contributed by atoms with van der Waals surface area (Å²) in [7, 11) is 0. The quantitative estimate of drug-likeness (QED) is 0.692. The minimum atomic E-state index is -0.568. The maximum atomic E-state index is 13.8. The van der Waals surface area contributed by atoms with Crippen LogP contribution in [0.5, 0.6) is 5.75 Å². The van der Waals surface area contributed by atoms with Gasteiger partial charge in [0.1, 0.15) is 18.2 Å². The van der Waals surface area contributed by atoms with Gasteiger partial charge in [0.25, 0.3) is 5.91 Å². The molecule has 0 saturated carbocycles. The molecule has 134 valence electrons. The van der Waals surface area contributed by atoms with Crippen molar-refractivity contribution < 1.29 is 13.9 Å². The molecule has 0 atom stereocenters. The molecule has 0 saturated heterocycles. The minimum absolute atomic E-state index is 0.0127. The van der Waals surface area contributed by atoms with Crippen molar-refractivity contribution in [2.75, 3.05) is 5.32 Å². The molecule has 0 spiro atoms. The van der Waals surface area contributed by atoms with Crippen molar-refractivity contribution in [1.82, 2.24) is 0 Å². The number of amides is 1. The number of ether oxygens (including phenoxy) is 1. The highest BCUT2D eigenvalue weighted by atomic mass is 19.1. The van der Waals surface area contributed by atoms with Gasteiger partial charge in [-0.1, -0.05) is 42.5 Å². The van der Waals surface area contributed by atoms with Gasteiger partial charge < -0.3 is 10.1 Å². The maximum Gasteiger partial charge on any atom is 0.258 e. The number of carbonyl (C=O) groups excluding carboxylic acids is 1. The number of halogens is 1. The summed E-state index contributed by atoms with van der Waals surface area (Å²) in [5.41, 5.74) is 2.24. The van der Waals surface area contributed by atoms with Gasteiger partial charge in [0.05, 0.1) is 18.1 Å². The Morgan fingerprint density at radius 2 is 1.70 bits per heavy atom. The second-order valence-electron chi connectivity index (χ2n) is 5.86. The molecule has 0 aliphatic rings. The third kappa shape index (κ3) is 4.71. The summed E-state index contributed by atoms with van der Waals surface area (Å²) >= 11 is 0. The number of nitriles is 1. The van der Waals surface area contributed by atoms with Crippen LogP contribution in [0.1, 0.15) is 21.5 Å². The number of benzene rings is 3. The molecule has 0 unspecified atom stereocenters. The van der Waals surface area contributed by atoms with Gasteiger partial charge >= 0.3 is 0 Å².